The van der Waals surface area contributed by atoms with E-state index in [0.717, 1.165) is 10.4 Å². The van der Waals surface area contributed by atoms with Gasteiger partial charge in [-0.3, -0.25) is 9.59 Å². The second kappa shape index (κ2) is 8.56. The lowest BCUT2D eigenvalue weighted by Gasteiger charge is -2.14. The van der Waals surface area contributed by atoms with Gasteiger partial charge >= 0.3 is 0 Å². The van der Waals surface area contributed by atoms with Gasteiger partial charge in [-0.05, 0) is 35.9 Å². The van der Waals surface area contributed by atoms with E-state index in [1.54, 1.807) is 36.5 Å². The molecule has 2 heterocycles. The molecule has 0 bridgehead atoms. The second-order valence-electron chi connectivity index (χ2n) is 5.73. The van der Waals surface area contributed by atoms with Crippen LogP contribution in [0.5, 0.6) is 0 Å². The van der Waals surface area contributed by atoms with Crippen LogP contribution >= 0.6 is 34.5 Å². The summed E-state index contributed by atoms with van der Waals surface area (Å²) in [5.41, 5.74) is 0.884. The second-order valence-corrected chi connectivity index (χ2v) is 7.69. The Morgan fingerprint density at radius 2 is 2.11 bits per heavy atom. The van der Waals surface area contributed by atoms with Crippen molar-refractivity contribution in [2.75, 3.05) is 18.9 Å². The molecule has 0 fully saturated rings. The molecule has 9 heteroatoms. The average molecular weight is 424 g/mol. The first kappa shape index (κ1) is 19.4. The number of benzene rings is 1. The van der Waals surface area contributed by atoms with Crippen molar-refractivity contribution >= 4 is 51.5 Å². The molecule has 3 aromatic rings. The van der Waals surface area contributed by atoms with Gasteiger partial charge in [-0.1, -0.05) is 23.2 Å². The molecule has 1 aromatic carbocycles. The predicted octanol–water partition coefficient (Wildman–Crippen LogP) is 4.34. The van der Waals surface area contributed by atoms with Gasteiger partial charge in [-0.25, -0.2) is 4.98 Å². The predicted molar refractivity (Wildman–Crippen MR) is 106 cm³/mol. The minimum absolute atomic E-state index is 0.116. The molecule has 6 nitrogen and oxygen atoms in total. The molecule has 0 saturated carbocycles. The van der Waals surface area contributed by atoms with Crippen LogP contribution in [0.25, 0.3) is 0 Å². The molecular formula is C18H15Cl2N3O3S. The lowest BCUT2D eigenvalue weighted by Crippen LogP contribution is -2.34. The maximum absolute atomic E-state index is 12.2. The Bertz CT molecular complexity index is 957. The van der Waals surface area contributed by atoms with Gasteiger partial charge in [0.05, 0.1) is 6.26 Å². The normalized spacial score (nSPS) is 10.6. The van der Waals surface area contributed by atoms with Gasteiger partial charge < -0.3 is 14.6 Å². The Kier molecular flexibility index (Phi) is 6.15. The first-order valence-corrected chi connectivity index (χ1v) is 9.47. The minimum atomic E-state index is -0.370. The zero-order valence-corrected chi connectivity index (χ0v) is 16.6. The summed E-state index contributed by atoms with van der Waals surface area (Å²) < 4.78 is 5.04. The van der Waals surface area contributed by atoms with E-state index in [1.807, 2.05) is 0 Å². The van der Waals surface area contributed by atoms with Crippen molar-refractivity contribution in [1.29, 1.82) is 0 Å². The van der Waals surface area contributed by atoms with E-state index in [2.05, 4.69) is 10.3 Å². The lowest BCUT2D eigenvalue weighted by atomic mass is 10.1. The molecule has 0 atom stereocenters. The fraction of sp³-hybridized carbons (Fsp3) is 0.167. The molecule has 0 radical (unpaired) electrons. The maximum atomic E-state index is 12.2. The molecule has 27 heavy (non-hydrogen) atoms. The van der Waals surface area contributed by atoms with Crippen LogP contribution in [0.4, 0.5) is 5.13 Å². The van der Waals surface area contributed by atoms with Crippen LogP contribution in [-0.2, 0) is 11.2 Å². The number of thiazole rings is 1. The fourth-order valence-corrected chi connectivity index (χ4v) is 3.58. The Morgan fingerprint density at radius 1 is 1.30 bits per heavy atom. The van der Waals surface area contributed by atoms with E-state index in [0.29, 0.717) is 21.6 Å². The van der Waals surface area contributed by atoms with E-state index < -0.39 is 0 Å². The third-order valence-electron chi connectivity index (χ3n) is 3.63. The SMILES string of the molecule is CN(CC(=O)Nc1ncc(Cc2cc(Cl)ccc2Cl)s1)C(=O)c1ccco1. The maximum Gasteiger partial charge on any atom is 0.289 e. The number of carbonyl (C=O) groups is 2. The van der Waals surface area contributed by atoms with Crippen LogP contribution in [0.3, 0.4) is 0 Å². The molecule has 0 aliphatic carbocycles. The highest BCUT2D eigenvalue weighted by Gasteiger charge is 2.18. The Balaban J connectivity index is 1.58. The highest BCUT2D eigenvalue weighted by Crippen LogP contribution is 2.27. The molecule has 0 aliphatic heterocycles. The molecule has 140 valence electrons. The van der Waals surface area contributed by atoms with Crippen LogP contribution < -0.4 is 5.32 Å². The molecule has 1 N–H and O–H groups in total. The molecule has 0 saturated heterocycles. The summed E-state index contributed by atoms with van der Waals surface area (Å²) in [6.07, 6.45) is 3.64. The van der Waals surface area contributed by atoms with Crippen LogP contribution in [0.1, 0.15) is 21.0 Å². The quantitative estimate of drug-likeness (QED) is 0.639. The third-order valence-corrected chi connectivity index (χ3v) is 5.15. The largest absolute Gasteiger partial charge is 0.459 e. The van der Waals surface area contributed by atoms with Crippen LogP contribution in [0.15, 0.2) is 47.2 Å². The number of carbonyl (C=O) groups excluding carboxylic acids is 2. The Morgan fingerprint density at radius 3 is 2.85 bits per heavy atom. The number of hydrogen-bond acceptors (Lipinski definition) is 5. The van der Waals surface area contributed by atoms with E-state index in [-0.39, 0.29) is 24.1 Å². The number of aromatic nitrogens is 1. The molecular weight excluding hydrogens is 409 g/mol. The molecule has 0 unspecified atom stereocenters. The number of furan rings is 1. The fourth-order valence-electron chi connectivity index (χ4n) is 2.35. The number of amides is 2. The van der Waals surface area contributed by atoms with Crippen LogP contribution in [0.2, 0.25) is 10.0 Å². The number of nitrogens with one attached hydrogen (secondary N) is 1. The lowest BCUT2D eigenvalue weighted by molar-refractivity contribution is -0.116. The van der Waals surface area contributed by atoms with Gasteiger partial charge in [0.2, 0.25) is 5.91 Å². The molecule has 0 spiro atoms. The Hall–Kier alpha value is -2.35. The molecule has 2 amide bonds. The molecule has 0 aliphatic rings. The summed E-state index contributed by atoms with van der Waals surface area (Å²) in [7, 11) is 1.53. The minimum Gasteiger partial charge on any atom is -0.459 e. The average Bonchev–Trinajstić information content (AvgIpc) is 3.29. The molecule has 2 aromatic heterocycles. The number of likely N-dealkylation sites (N-methyl/N-ethyl adjacent to an activating group) is 1. The molecule has 3 rings (SSSR count). The van der Waals surface area contributed by atoms with Crippen molar-refractivity contribution in [3.05, 3.63) is 69.0 Å². The highest BCUT2D eigenvalue weighted by molar-refractivity contribution is 7.15. The zero-order valence-electron chi connectivity index (χ0n) is 14.2. The van der Waals surface area contributed by atoms with E-state index >= 15 is 0 Å². The van der Waals surface area contributed by atoms with E-state index in [9.17, 15) is 9.59 Å². The van der Waals surface area contributed by atoms with Crippen molar-refractivity contribution in [2.45, 2.75) is 6.42 Å². The smallest absolute Gasteiger partial charge is 0.289 e. The number of rotatable bonds is 6. The van der Waals surface area contributed by atoms with Crippen LogP contribution in [0, 0.1) is 0 Å². The van der Waals surface area contributed by atoms with Gasteiger partial charge in [-0.2, -0.15) is 0 Å². The van der Waals surface area contributed by atoms with Crippen molar-refractivity contribution in [2.24, 2.45) is 0 Å². The topological polar surface area (TPSA) is 75.4 Å². The van der Waals surface area contributed by atoms with Crippen molar-refractivity contribution in [3.8, 4) is 0 Å². The number of anilines is 1. The summed E-state index contributed by atoms with van der Waals surface area (Å²) in [6.45, 7) is -0.116. The van der Waals surface area contributed by atoms with Crippen molar-refractivity contribution < 1.29 is 14.0 Å². The Labute approximate surface area is 169 Å². The summed E-state index contributed by atoms with van der Waals surface area (Å²) in [4.78, 5) is 30.6. The summed E-state index contributed by atoms with van der Waals surface area (Å²) in [5.74, 6) is -0.537. The summed E-state index contributed by atoms with van der Waals surface area (Å²) in [6, 6.07) is 8.44. The van der Waals surface area contributed by atoms with E-state index in [1.165, 1.54) is 29.5 Å². The standard InChI is InChI=1S/C18H15Cl2N3O3S/c1-23(17(25)15-3-2-6-26-15)10-16(24)22-18-21-9-13(27-18)8-11-7-12(19)4-5-14(11)20/h2-7,9H,8,10H2,1H3,(H,21,22,24). The van der Waals surface area contributed by atoms with Crippen LogP contribution in [-0.4, -0.2) is 35.3 Å². The van der Waals surface area contributed by atoms with Gasteiger partial charge in [0.25, 0.3) is 5.91 Å². The van der Waals surface area contributed by atoms with Gasteiger partial charge in [0.1, 0.15) is 6.54 Å². The summed E-state index contributed by atoms with van der Waals surface area (Å²) >= 11 is 13.5. The van der Waals surface area contributed by atoms with E-state index in [4.69, 9.17) is 27.6 Å². The van der Waals surface area contributed by atoms with Crippen molar-refractivity contribution in [1.82, 2.24) is 9.88 Å². The van der Waals surface area contributed by atoms with Gasteiger partial charge in [-0.15, -0.1) is 11.3 Å². The number of halogens is 2. The first-order valence-electron chi connectivity index (χ1n) is 7.90. The van der Waals surface area contributed by atoms with Gasteiger partial charge in [0, 0.05) is 34.6 Å². The number of nitrogens with zero attached hydrogens (tertiary/aromatic N) is 2. The summed E-state index contributed by atoms with van der Waals surface area (Å²) in [5, 5.41) is 4.37. The van der Waals surface area contributed by atoms with Crippen molar-refractivity contribution in [3.63, 3.8) is 0 Å². The highest BCUT2D eigenvalue weighted by atomic mass is 35.5. The monoisotopic (exact) mass is 423 g/mol. The third kappa shape index (κ3) is 5.09. The van der Waals surface area contributed by atoms with Gasteiger partial charge in [0.15, 0.2) is 10.9 Å². The zero-order chi connectivity index (χ0) is 19.4. The first-order chi connectivity index (χ1) is 12.9. The number of hydrogen-bond donors (Lipinski definition) is 1.